The maximum atomic E-state index is 5.91. The van der Waals surface area contributed by atoms with E-state index < -0.39 is 0 Å². The molecular formula is C14H17BrN2S. The van der Waals surface area contributed by atoms with E-state index in [0.717, 1.165) is 16.6 Å². The van der Waals surface area contributed by atoms with Crippen molar-refractivity contribution >= 4 is 33.0 Å². The zero-order valence-electron chi connectivity index (χ0n) is 10.6. The van der Waals surface area contributed by atoms with Crippen molar-refractivity contribution in [1.82, 2.24) is 0 Å². The van der Waals surface area contributed by atoms with Gasteiger partial charge < -0.3 is 10.6 Å². The Morgan fingerprint density at radius 2 is 2.17 bits per heavy atom. The summed E-state index contributed by atoms with van der Waals surface area (Å²) in [4.78, 5) is 3.60. The van der Waals surface area contributed by atoms with Crippen LogP contribution in [0.4, 0.5) is 5.69 Å². The largest absolute Gasteiger partial charge is 0.369 e. The Bertz CT molecular complexity index is 509. The van der Waals surface area contributed by atoms with Crippen LogP contribution in [0.25, 0.3) is 0 Å². The summed E-state index contributed by atoms with van der Waals surface area (Å²) in [5.74, 6) is 0. The highest BCUT2D eigenvalue weighted by molar-refractivity contribution is 9.10. The monoisotopic (exact) mass is 324 g/mol. The topological polar surface area (TPSA) is 29.3 Å². The number of hydrogen-bond acceptors (Lipinski definition) is 3. The lowest BCUT2D eigenvalue weighted by Gasteiger charge is -2.20. The number of anilines is 1. The molecule has 2 N–H and O–H groups in total. The summed E-state index contributed by atoms with van der Waals surface area (Å²) in [6.45, 7) is 2.93. The molecule has 0 radical (unpaired) electrons. The van der Waals surface area contributed by atoms with Crippen molar-refractivity contribution in [1.29, 1.82) is 0 Å². The van der Waals surface area contributed by atoms with Gasteiger partial charge in [-0.15, -0.1) is 11.3 Å². The fourth-order valence-corrected chi connectivity index (χ4v) is 3.34. The minimum absolute atomic E-state index is 0.0519. The Morgan fingerprint density at radius 3 is 2.72 bits per heavy atom. The zero-order chi connectivity index (χ0) is 13.1. The van der Waals surface area contributed by atoms with Gasteiger partial charge >= 0.3 is 0 Å². The van der Waals surface area contributed by atoms with Crippen molar-refractivity contribution in [3.05, 3.63) is 50.6 Å². The zero-order valence-corrected chi connectivity index (χ0v) is 13.0. The number of thiophene rings is 1. The molecule has 1 atom stereocenters. The van der Waals surface area contributed by atoms with E-state index in [2.05, 4.69) is 63.6 Å². The van der Waals surface area contributed by atoms with E-state index in [9.17, 15) is 0 Å². The fourth-order valence-electron chi connectivity index (χ4n) is 1.85. The molecule has 2 rings (SSSR count). The van der Waals surface area contributed by atoms with Crippen molar-refractivity contribution in [2.24, 2.45) is 5.73 Å². The van der Waals surface area contributed by atoms with Gasteiger partial charge in [0.2, 0.25) is 0 Å². The molecule has 96 valence electrons. The van der Waals surface area contributed by atoms with Crippen LogP contribution in [0.5, 0.6) is 0 Å². The molecule has 1 aromatic heterocycles. The lowest BCUT2D eigenvalue weighted by molar-refractivity contribution is 0.812. The summed E-state index contributed by atoms with van der Waals surface area (Å²) in [6.07, 6.45) is 0. The van der Waals surface area contributed by atoms with Crippen LogP contribution in [0.2, 0.25) is 0 Å². The van der Waals surface area contributed by atoms with Gasteiger partial charge in [-0.2, -0.15) is 0 Å². The van der Waals surface area contributed by atoms with E-state index in [1.807, 2.05) is 6.92 Å². The Morgan fingerprint density at radius 1 is 1.39 bits per heavy atom. The number of halogens is 1. The molecule has 0 bridgehead atoms. The third-order valence-electron chi connectivity index (χ3n) is 2.89. The highest BCUT2D eigenvalue weighted by Crippen LogP contribution is 2.28. The van der Waals surface area contributed by atoms with Crippen LogP contribution in [0.1, 0.15) is 23.4 Å². The summed E-state index contributed by atoms with van der Waals surface area (Å²) in [6, 6.07) is 10.6. The van der Waals surface area contributed by atoms with Crippen molar-refractivity contribution in [2.75, 3.05) is 11.9 Å². The van der Waals surface area contributed by atoms with Crippen LogP contribution in [0, 0.1) is 0 Å². The van der Waals surface area contributed by atoms with Crippen LogP contribution < -0.4 is 10.6 Å². The molecule has 2 aromatic rings. The second kappa shape index (κ2) is 5.87. The first kappa shape index (κ1) is 13.6. The van der Waals surface area contributed by atoms with E-state index in [-0.39, 0.29) is 6.04 Å². The first-order valence-corrected chi connectivity index (χ1v) is 7.53. The van der Waals surface area contributed by atoms with Gasteiger partial charge in [0, 0.05) is 28.1 Å². The third-order valence-corrected chi connectivity index (χ3v) is 4.44. The number of rotatable bonds is 4. The minimum atomic E-state index is 0.0519. The van der Waals surface area contributed by atoms with Crippen LogP contribution in [-0.2, 0) is 6.54 Å². The normalized spacial score (nSPS) is 12.4. The summed E-state index contributed by atoms with van der Waals surface area (Å²) in [5, 5.41) is 2.11. The van der Waals surface area contributed by atoms with Crippen LogP contribution >= 0.6 is 27.3 Å². The van der Waals surface area contributed by atoms with Crippen molar-refractivity contribution in [3.63, 3.8) is 0 Å². The van der Waals surface area contributed by atoms with E-state index in [1.54, 1.807) is 11.3 Å². The van der Waals surface area contributed by atoms with Gasteiger partial charge in [0.1, 0.15) is 0 Å². The smallest absolute Gasteiger partial charge is 0.0519 e. The minimum Gasteiger partial charge on any atom is -0.369 e. The number of benzene rings is 1. The molecule has 0 spiro atoms. The molecule has 0 unspecified atom stereocenters. The quantitative estimate of drug-likeness (QED) is 0.914. The molecule has 2 nitrogen and oxygen atoms in total. The summed E-state index contributed by atoms with van der Waals surface area (Å²) < 4.78 is 1.08. The fraction of sp³-hybridized carbons (Fsp3) is 0.286. The Kier molecular flexibility index (Phi) is 4.43. The Balaban J connectivity index is 2.16. The van der Waals surface area contributed by atoms with Gasteiger partial charge in [-0.1, -0.05) is 28.1 Å². The first-order chi connectivity index (χ1) is 8.58. The molecule has 0 aliphatic heterocycles. The number of nitrogens with zero attached hydrogens (tertiary/aromatic N) is 1. The SMILES string of the molecule is C[C@H](N)c1ccc(N(C)Cc2cccs2)cc1Br. The average molecular weight is 325 g/mol. The summed E-state index contributed by atoms with van der Waals surface area (Å²) >= 11 is 5.37. The molecule has 0 aliphatic carbocycles. The summed E-state index contributed by atoms with van der Waals surface area (Å²) in [5.41, 5.74) is 8.24. The van der Waals surface area contributed by atoms with E-state index in [1.165, 1.54) is 10.6 Å². The molecule has 1 heterocycles. The predicted octanol–water partition coefficient (Wildman–Crippen LogP) is 4.17. The average Bonchev–Trinajstić information content (AvgIpc) is 2.81. The van der Waals surface area contributed by atoms with E-state index in [4.69, 9.17) is 5.73 Å². The van der Waals surface area contributed by atoms with Crippen molar-refractivity contribution < 1.29 is 0 Å². The molecule has 0 saturated carbocycles. The molecule has 0 aliphatic rings. The van der Waals surface area contributed by atoms with Crippen LogP contribution in [0.3, 0.4) is 0 Å². The lowest BCUT2D eigenvalue weighted by atomic mass is 10.1. The van der Waals surface area contributed by atoms with Gasteiger partial charge in [0.25, 0.3) is 0 Å². The van der Waals surface area contributed by atoms with Gasteiger partial charge in [-0.05, 0) is 36.1 Å². The van der Waals surface area contributed by atoms with E-state index >= 15 is 0 Å². The first-order valence-electron chi connectivity index (χ1n) is 5.86. The molecule has 0 saturated heterocycles. The van der Waals surface area contributed by atoms with Gasteiger partial charge in [0.15, 0.2) is 0 Å². The third kappa shape index (κ3) is 3.13. The highest BCUT2D eigenvalue weighted by Gasteiger charge is 2.08. The maximum Gasteiger partial charge on any atom is 0.0519 e. The number of nitrogens with two attached hydrogens (primary N) is 1. The van der Waals surface area contributed by atoms with Crippen LogP contribution in [-0.4, -0.2) is 7.05 Å². The van der Waals surface area contributed by atoms with Gasteiger partial charge in [-0.25, -0.2) is 0 Å². The predicted molar refractivity (Wildman–Crippen MR) is 83.2 cm³/mol. The van der Waals surface area contributed by atoms with Crippen molar-refractivity contribution in [3.8, 4) is 0 Å². The van der Waals surface area contributed by atoms with E-state index in [0.29, 0.717) is 0 Å². The van der Waals surface area contributed by atoms with Crippen LogP contribution in [0.15, 0.2) is 40.2 Å². The Labute approximate surface area is 121 Å². The van der Waals surface area contributed by atoms with Gasteiger partial charge in [0.05, 0.1) is 6.54 Å². The molecule has 0 fully saturated rings. The lowest BCUT2D eigenvalue weighted by Crippen LogP contribution is -2.16. The molecular weight excluding hydrogens is 308 g/mol. The second-order valence-electron chi connectivity index (χ2n) is 4.43. The second-order valence-corrected chi connectivity index (χ2v) is 6.32. The Hall–Kier alpha value is -0.840. The standard InChI is InChI=1S/C14H17BrN2S/c1-10(16)13-6-5-11(8-14(13)15)17(2)9-12-4-3-7-18-12/h3-8,10H,9,16H2,1-2H3/t10-/m0/s1. The summed E-state index contributed by atoms with van der Waals surface area (Å²) in [7, 11) is 2.10. The molecule has 0 amide bonds. The highest BCUT2D eigenvalue weighted by atomic mass is 79.9. The molecule has 4 heteroatoms. The number of hydrogen-bond donors (Lipinski definition) is 1. The molecule has 1 aromatic carbocycles. The van der Waals surface area contributed by atoms with Gasteiger partial charge in [-0.3, -0.25) is 0 Å². The molecule has 18 heavy (non-hydrogen) atoms. The maximum absolute atomic E-state index is 5.91. The van der Waals surface area contributed by atoms with Crippen molar-refractivity contribution in [2.45, 2.75) is 19.5 Å².